The van der Waals surface area contributed by atoms with Gasteiger partial charge in [-0.15, -0.1) is 0 Å². The summed E-state index contributed by atoms with van der Waals surface area (Å²) in [5, 5.41) is 7.99. The highest BCUT2D eigenvalue weighted by molar-refractivity contribution is 6.30. The zero-order valence-electron chi connectivity index (χ0n) is 16.1. The fourth-order valence-electron chi connectivity index (χ4n) is 4.70. The maximum atomic E-state index is 6.53. The quantitative estimate of drug-likeness (QED) is 0.715. The molecule has 5 rings (SSSR count). The number of methoxy groups -OCH3 is 2. The Morgan fingerprint density at radius 3 is 2.61 bits per heavy atom. The lowest BCUT2D eigenvalue weighted by Crippen LogP contribution is -2.51. The van der Waals surface area contributed by atoms with E-state index in [-0.39, 0.29) is 11.8 Å². The number of ether oxygens (including phenoxy) is 3. The van der Waals surface area contributed by atoms with Gasteiger partial charge in [0.1, 0.15) is 5.75 Å². The van der Waals surface area contributed by atoms with Crippen LogP contribution in [0.25, 0.3) is 0 Å². The molecular formula is C22H23ClN2O3. The van der Waals surface area contributed by atoms with Crippen LogP contribution in [0.5, 0.6) is 17.2 Å². The summed E-state index contributed by atoms with van der Waals surface area (Å²) in [5.41, 5.74) is 2.85. The van der Waals surface area contributed by atoms with Crippen LogP contribution in [0.3, 0.4) is 0 Å². The van der Waals surface area contributed by atoms with Crippen molar-refractivity contribution in [3.8, 4) is 17.2 Å². The topological polar surface area (TPSA) is 43.3 Å². The molecule has 0 N–H and O–H groups in total. The van der Waals surface area contributed by atoms with Crippen LogP contribution in [0, 0.1) is 0 Å². The number of hydrogen-bond acceptors (Lipinski definition) is 5. The number of benzene rings is 2. The maximum absolute atomic E-state index is 6.53. The molecule has 2 aromatic rings. The van der Waals surface area contributed by atoms with Crippen LogP contribution in [0.1, 0.15) is 49.3 Å². The first kappa shape index (κ1) is 17.7. The normalized spacial score (nSPS) is 21.8. The smallest absolute Gasteiger partial charge is 0.198 e. The Morgan fingerprint density at radius 1 is 1.07 bits per heavy atom. The van der Waals surface area contributed by atoms with Crippen molar-refractivity contribution >= 4 is 17.3 Å². The summed E-state index contributed by atoms with van der Waals surface area (Å²) < 4.78 is 17.4. The van der Waals surface area contributed by atoms with Crippen LogP contribution >= 0.6 is 11.6 Å². The Morgan fingerprint density at radius 2 is 1.86 bits per heavy atom. The Hall–Kier alpha value is -2.40. The molecule has 0 radical (unpaired) electrons. The van der Waals surface area contributed by atoms with E-state index in [1.165, 1.54) is 0 Å². The van der Waals surface area contributed by atoms with Gasteiger partial charge in [0.25, 0.3) is 0 Å². The molecule has 0 unspecified atom stereocenters. The number of halogens is 1. The molecule has 1 spiro atoms. The van der Waals surface area contributed by atoms with Gasteiger partial charge in [0.05, 0.1) is 26.0 Å². The van der Waals surface area contributed by atoms with Crippen molar-refractivity contribution in [1.29, 1.82) is 0 Å². The molecule has 146 valence electrons. The minimum Gasteiger partial charge on any atom is -0.493 e. The zero-order chi connectivity index (χ0) is 19.3. The molecule has 0 bridgehead atoms. The predicted molar refractivity (Wildman–Crippen MR) is 109 cm³/mol. The summed E-state index contributed by atoms with van der Waals surface area (Å²) in [6.45, 7) is 0. The molecule has 1 atom stereocenters. The van der Waals surface area contributed by atoms with Crippen molar-refractivity contribution < 1.29 is 14.2 Å². The van der Waals surface area contributed by atoms with E-state index in [4.69, 9.17) is 30.9 Å². The van der Waals surface area contributed by atoms with Gasteiger partial charge in [-0.3, -0.25) is 0 Å². The summed E-state index contributed by atoms with van der Waals surface area (Å²) in [4.78, 5) is 0. The molecule has 6 heteroatoms. The SMILES string of the molecule is COc1ccc(C2=NN3[C@H](C2)c2cc(Cl)ccc2OC32CCCC2)cc1OC. The summed E-state index contributed by atoms with van der Waals surface area (Å²) in [7, 11) is 3.30. The van der Waals surface area contributed by atoms with Gasteiger partial charge < -0.3 is 14.2 Å². The standard InChI is InChI=1S/C22H23ClN2O3/c1-26-20-7-5-14(11-21(20)27-2)17-13-18-16-12-15(23)6-8-19(16)28-22(25(18)24-17)9-3-4-10-22/h5-8,11-12,18H,3-4,9-10,13H2,1-2H3/t18-/m1/s1. The van der Waals surface area contributed by atoms with Crippen molar-refractivity contribution in [2.45, 2.75) is 43.9 Å². The van der Waals surface area contributed by atoms with Crippen molar-refractivity contribution in [3.63, 3.8) is 0 Å². The highest BCUT2D eigenvalue weighted by Gasteiger charge is 2.51. The van der Waals surface area contributed by atoms with Gasteiger partial charge in [0, 0.05) is 35.4 Å². The van der Waals surface area contributed by atoms with Crippen molar-refractivity contribution in [3.05, 3.63) is 52.5 Å². The summed E-state index contributed by atoms with van der Waals surface area (Å²) >= 11 is 6.30. The first-order chi connectivity index (χ1) is 13.6. The maximum Gasteiger partial charge on any atom is 0.198 e. The Labute approximate surface area is 169 Å². The zero-order valence-corrected chi connectivity index (χ0v) is 16.8. The molecule has 28 heavy (non-hydrogen) atoms. The first-order valence-electron chi connectivity index (χ1n) is 9.71. The number of rotatable bonds is 3. The summed E-state index contributed by atoms with van der Waals surface area (Å²) in [5.74, 6) is 2.37. The molecule has 2 aromatic carbocycles. The van der Waals surface area contributed by atoms with E-state index >= 15 is 0 Å². The fraction of sp³-hybridized carbons (Fsp3) is 0.409. The van der Waals surface area contributed by atoms with E-state index in [0.29, 0.717) is 5.75 Å². The second-order valence-corrected chi connectivity index (χ2v) is 8.05. The van der Waals surface area contributed by atoms with Gasteiger partial charge in [-0.25, -0.2) is 5.01 Å². The van der Waals surface area contributed by atoms with Crippen LogP contribution in [-0.2, 0) is 0 Å². The molecule has 3 aliphatic rings. The lowest BCUT2D eigenvalue weighted by molar-refractivity contribution is -0.114. The Balaban J connectivity index is 1.58. The minimum absolute atomic E-state index is 0.142. The molecule has 2 heterocycles. The lowest BCUT2D eigenvalue weighted by atomic mass is 9.94. The molecule has 0 aromatic heterocycles. The molecule has 2 aliphatic heterocycles. The second-order valence-electron chi connectivity index (χ2n) is 7.62. The largest absolute Gasteiger partial charge is 0.493 e. The van der Waals surface area contributed by atoms with Crippen molar-refractivity contribution in [2.24, 2.45) is 5.10 Å². The number of fused-ring (bicyclic) bond motifs is 4. The van der Waals surface area contributed by atoms with E-state index in [2.05, 4.69) is 5.01 Å². The number of nitrogens with zero attached hydrogens (tertiary/aromatic N) is 2. The highest BCUT2D eigenvalue weighted by atomic mass is 35.5. The third-order valence-corrected chi connectivity index (χ3v) is 6.30. The first-order valence-corrected chi connectivity index (χ1v) is 10.1. The van der Waals surface area contributed by atoms with Crippen LogP contribution in [-0.4, -0.2) is 30.7 Å². The van der Waals surface area contributed by atoms with E-state index in [9.17, 15) is 0 Å². The molecule has 1 fully saturated rings. The van der Waals surface area contributed by atoms with E-state index in [1.54, 1.807) is 14.2 Å². The van der Waals surface area contributed by atoms with E-state index < -0.39 is 0 Å². The third-order valence-electron chi connectivity index (χ3n) is 6.06. The van der Waals surface area contributed by atoms with Crippen LogP contribution < -0.4 is 14.2 Å². The third kappa shape index (κ3) is 2.64. The Kier molecular flexibility index (Phi) is 4.16. The predicted octanol–water partition coefficient (Wildman–Crippen LogP) is 5.17. The molecular weight excluding hydrogens is 376 g/mol. The second kappa shape index (κ2) is 6.59. The molecule has 0 amide bonds. The molecule has 1 saturated carbocycles. The highest BCUT2D eigenvalue weighted by Crippen LogP contribution is 2.52. The van der Waals surface area contributed by atoms with Crippen LogP contribution in [0.4, 0.5) is 0 Å². The van der Waals surface area contributed by atoms with Gasteiger partial charge in [-0.1, -0.05) is 11.6 Å². The average Bonchev–Trinajstić information content (AvgIpc) is 3.37. The lowest BCUT2D eigenvalue weighted by Gasteiger charge is -2.45. The van der Waals surface area contributed by atoms with Crippen molar-refractivity contribution in [1.82, 2.24) is 5.01 Å². The number of hydrogen-bond donors (Lipinski definition) is 0. The van der Waals surface area contributed by atoms with Gasteiger partial charge in [0.15, 0.2) is 17.2 Å². The average molecular weight is 399 g/mol. The minimum atomic E-state index is -0.343. The molecule has 1 aliphatic carbocycles. The van der Waals surface area contributed by atoms with Crippen LogP contribution in [0.15, 0.2) is 41.5 Å². The fourth-order valence-corrected chi connectivity index (χ4v) is 4.88. The van der Waals surface area contributed by atoms with Gasteiger partial charge in [0.2, 0.25) is 0 Å². The summed E-state index contributed by atoms with van der Waals surface area (Å²) in [6.07, 6.45) is 5.12. The van der Waals surface area contributed by atoms with Gasteiger partial charge in [-0.2, -0.15) is 5.10 Å². The van der Waals surface area contributed by atoms with Gasteiger partial charge >= 0.3 is 0 Å². The summed E-state index contributed by atoms with van der Waals surface area (Å²) in [6, 6.07) is 12.0. The molecule has 5 nitrogen and oxygen atoms in total. The van der Waals surface area contributed by atoms with Crippen molar-refractivity contribution in [2.75, 3.05) is 14.2 Å². The Bertz CT molecular complexity index is 953. The number of hydrazone groups is 1. The van der Waals surface area contributed by atoms with Gasteiger partial charge in [-0.05, 0) is 49.2 Å². The van der Waals surface area contributed by atoms with Crippen LogP contribution in [0.2, 0.25) is 5.02 Å². The van der Waals surface area contributed by atoms with E-state index in [0.717, 1.165) is 65.5 Å². The molecule has 0 saturated heterocycles. The monoisotopic (exact) mass is 398 g/mol. The van der Waals surface area contributed by atoms with E-state index in [1.807, 2.05) is 36.4 Å².